The van der Waals surface area contributed by atoms with Crippen LogP contribution in [0.15, 0.2) is 6.07 Å². The molecule has 1 aromatic rings. The molecule has 0 fully saturated rings. The van der Waals surface area contributed by atoms with Crippen LogP contribution < -0.4 is 5.73 Å². The summed E-state index contributed by atoms with van der Waals surface area (Å²) in [6.45, 7) is 3.84. The highest BCUT2D eigenvalue weighted by Gasteiger charge is 2.09. The van der Waals surface area contributed by atoms with Gasteiger partial charge in [-0.15, -0.1) is 0 Å². The molecule has 0 saturated carbocycles. The molecule has 1 unspecified atom stereocenters. The lowest BCUT2D eigenvalue weighted by atomic mass is 10.1. The molecule has 0 bridgehead atoms. The second-order valence-corrected chi connectivity index (χ2v) is 4.13. The van der Waals surface area contributed by atoms with Crippen LogP contribution in [0.3, 0.4) is 0 Å². The molecule has 0 spiro atoms. The fourth-order valence-electron chi connectivity index (χ4n) is 1.51. The van der Waals surface area contributed by atoms with Gasteiger partial charge in [-0.1, -0.05) is 0 Å². The Bertz CT molecular complexity index is 342. The Labute approximate surface area is 90.5 Å². The first-order valence-corrected chi connectivity index (χ1v) is 5.26. The van der Waals surface area contributed by atoms with Gasteiger partial charge >= 0.3 is 0 Å². The third-order valence-electron chi connectivity index (χ3n) is 2.36. The van der Waals surface area contributed by atoms with Crippen LogP contribution in [0, 0.1) is 6.92 Å². The lowest BCUT2D eigenvalue weighted by molar-refractivity contribution is -0.118. The van der Waals surface area contributed by atoms with Gasteiger partial charge in [0.25, 0.3) is 0 Å². The minimum Gasteiger partial charge on any atom is -0.328 e. The Balaban J connectivity index is 2.48. The lowest BCUT2D eigenvalue weighted by Crippen LogP contribution is -2.17. The molecule has 4 heteroatoms. The zero-order chi connectivity index (χ0) is 11.4. The molecular weight excluding hydrogens is 190 g/mol. The van der Waals surface area contributed by atoms with Crippen molar-refractivity contribution in [3.05, 3.63) is 17.5 Å². The smallest absolute Gasteiger partial charge is 0.138 e. The summed E-state index contributed by atoms with van der Waals surface area (Å²) in [5.74, 6) is 0.232. The van der Waals surface area contributed by atoms with E-state index < -0.39 is 0 Å². The number of aromatic nitrogens is 2. The van der Waals surface area contributed by atoms with Gasteiger partial charge in [-0.05, 0) is 26.3 Å². The van der Waals surface area contributed by atoms with Crippen LogP contribution in [-0.4, -0.2) is 21.6 Å². The number of ketones is 1. The van der Waals surface area contributed by atoms with Crippen LogP contribution in [0.2, 0.25) is 0 Å². The standard InChI is InChI=1S/C11H19N3O/c1-8(12)4-5-11(15)7-10-6-9(2)13-14(10)3/h6,8H,4-5,7,12H2,1-3H3. The fourth-order valence-corrected chi connectivity index (χ4v) is 1.51. The highest BCUT2D eigenvalue weighted by Crippen LogP contribution is 2.06. The van der Waals surface area contributed by atoms with E-state index in [2.05, 4.69) is 5.10 Å². The molecule has 4 nitrogen and oxygen atoms in total. The normalized spacial score (nSPS) is 12.8. The topological polar surface area (TPSA) is 60.9 Å². The van der Waals surface area contributed by atoms with Gasteiger partial charge in [-0.25, -0.2) is 0 Å². The van der Waals surface area contributed by atoms with Gasteiger partial charge in [0.1, 0.15) is 5.78 Å². The Morgan fingerprint density at radius 2 is 2.33 bits per heavy atom. The highest BCUT2D eigenvalue weighted by molar-refractivity contribution is 5.80. The van der Waals surface area contributed by atoms with Crippen molar-refractivity contribution in [2.75, 3.05) is 0 Å². The number of Topliss-reactive ketones (excluding diaryl/α,β-unsaturated/α-hetero) is 1. The van der Waals surface area contributed by atoms with Crippen LogP contribution >= 0.6 is 0 Å². The van der Waals surface area contributed by atoms with E-state index in [0.29, 0.717) is 12.8 Å². The van der Waals surface area contributed by atoms with Crippen molar-refractivity contribution >= 4 is 5.78 Å². The van der Waals surface area contributed by atoms with Gasteiger partial charge in [0.15, 0.2) is 0 Å². The highest BCUT2D eigenvalue weighted by atomic mass is 16.1. The second kappa shape index (κ2) is 5.07. The van der Waals surface area contributed by atoms with E-state index in [1.807, 2.05) is 27.0 Å². The van der Waals surface area contributed by atoms with Crippen LogP contribution in [0.5, 0.6) is 0 Å². The number of hydrogen-bond acceptors (Lipinski definition) is 3. The predicted octanol–water partition coefficient (Wildman–Crippen LogP) is 0.968. The molecule has 0 aliphatic rings. The molecule has 0 radical (unpaired) electrons. The maximum Gasteiger partial charge on any atom is 0.138 e. The Hall–Kier alpha value is -1.16. The monoisotopic (exact) mass is 209 g/mol. The van der Waals surface area contributed by atoms with Gasteiger partial charge < -0.3 is 5.73 Å². The van der Waals surface area contributed by atoms with Crippen molar-refractivity contribution in [3.63, 3.8) is 0 Å². The van der Waals surface area contributed by atoms with Crippen molar-refractivity contribution in [2.45, 2.75) is 39.2 Å². The molecular formula is C11H19N3O. The molecule has 0 amide bonds. The third-order valence-corrected chi connectivity index (χ3v) is 2.36. The van der Waals surface area contributed by atoms with Crippen LogP contribution in [0.4, 0.5) is 0 Å². The average Bonchev–Trinajstić information content (AvgIpc) is 2.42. The van der Waals surface area contributed by atoms with Gasteiger partial charge in [0.2, 0.25) is 0 Å². The summed E-state index contributed by atoms with van der Waals surface area (Å²) in [7, 11) is 1.86. The van der Waals surface area contributed by atoms with Gasteiger partial charge in [-0.2, -0.15) is 5.10 Å². The fraction of sp³-hybridized carbons (Fsp3) is 0.636. The van der Waals surface area contributed by atoms with E-state index in [-0.39, 0.29) is 11.8 Å². The van der Waals surface area contributed by atoms with Crippen molar-refractivity contribution in [3.8, 4) is 0 Å². The Morgan fingerprint density at radius 1 is 1.67 bits per heavy atom. The van der Waals surface area contributed by atoms with Crippen LogP contribution in [-0.2, 0) is 18.3 Å². The van der Waals surface area contributed by atoms with Crippen LogP contribution in [0.25, 0.3) is 0 Å². The summed E-state index contributed by atoms with van der Waals surface area (Å²) in [5.41, 5.74) is 7.52. The molecule has 1 atom stereocenters. The van der Waals surface area contributed by atoms with E-state index >= 15 is 0 Å². The van der Waals surface area contributed by atoms with E-state index in [1.54, 1.807) is 4.68 Å². The van der Waals surface area contributed by atoms with E-state index in [1.165, 1.54) is 0 Å². The van der Waals surface area contributed by atoms with Crippen molar-refractivity contribution in [1.82, 2.24) is 9.78 Å². The number of nitrogens with zero attached hydrogens (tertiary/aromatic N) is 2. The first-order valence-electron chi connectivity index (χ1n) is 5.26. The third kappa shape index (κ3) is 3.83. The van der Waals surface area contributed by atoms with Crippen molar-refractivity contribution in [2.24, 2.45) is 12.8 Å². The lowest BCUT2D eigenvalue weighted by Gasteiger charge is -2.04. The molecule has 15 heavy (non-hydrogen) atoms. The predicted molar refractivity (Wildman–Crippen MR) is 59.5 cm³/mol. The molecule has 2 N–H and O–H groups in total. The minimum atomic E-state index is 0.0993. The molecule has 84 valence electrons. The quantitative estimate of drug-likeness (QED) is 0.786. The maximum absolute atomic E-state index is 11.6. The van der Waals surface area contributed by atoms with Gasteiger partial charge in [0.05, 0.1) is 5.69 Å². The largest absolute Gasteiger partial charge is 0.328 e. The number of carbonyl (C=O) groups is 1. The van der Waals surface area contributed by atoms with Crippen LogP contribution in [0.1, 0.15) is 31.2 Å². The number of carbonyl (C=O) groups excluding carboxylic acids is 1. The Morgan fingerprint density at radius 3 is 2.80 bits per heavy atom. The molecule has 0 aromatic carbocycles. The van der Waals surface area contributed by atoms with Crippen molar-refractivity contribution < 1.29 is 4.79 Å². The second-order valence-electron chi connectivity index (χ2n) is 4.13. The first-order chi connectivity index (χ1) is 6.99. The maximum atomic E-state index is 11.6. The average molecular weight is 209 g/mol. The summed E-state index contributed by atoms with van der Waals surface area (Å²) in [6.07, 6.45) is 1.78. The summed E-state index contributed by atoms with van der Waals surface area (Å²) < 4.78 is 1.76. The van der Waals surface area contributed by atoms with E-state index in [4.69, 9.17) is 5.73 Å². The number of nitrogens with two attached hydrogens (primary N) is 1. The molecule has 1 aromatic heterocycles. The summed E-state index contributed by atoms with van der Waals surface area (Å²) in [5, 5.41) is 4.20. The molecule has 1 rings (SSSR count). The van der Waals surface area contributed by atoms with Gasteiger partial charge in [-0.3, -0.25) is 9.48 Å². The van der Waals surface area contributed by atoms with E-state index in [9.17, 15) is 4.79 Å². The number of rotatable bonds is 5. The zero-order valence-electron chi connectivity index (χ0n) is 9.66. The SMILES string of the molecule is Cc1cc(CC(=O)CCC(C)N)n(C)n1. The van der Waals surface area contributed by atoms with Crippen molar-refractivity contribution in [1.29, 1.82) is 0 Å². The minimum absolute atomic E-state index is 0.0993. The molecule has 0 aliphatic heterocycles. The first kappa shape index (κ1) is 11.9. The number of aryl methyl sites for hydroxylation is 2. The Kier molecular flexibility index (Phi) is 4.03. The summed E-state index contributed by atoms with van der Waals surface area (Å²) >= 11 is 0. The zero-order valence-corrected chi connectivity index (χ0v) is 9.66. The molecule has 0 saturated heterocycles. The molecule has 1 heterocycles. The van der Waals surface area contributed by atoms with E-state index in [0.717, 1.165) is 17.8 Å². The van der Waals surface area contributed by atoms with Gasteiger partial charge in [0, 0.05) is 31.6 Å². The molecule has 0 aliphatic carbocycles. The summed E-state index contributed by atoms with van der Waals surface area (Å²) in [4.78, 5) is 11.6. The summed E-state index contributed by atoms with van der Waals surface area (Å²) in [6, 6.07) is 2.05. The number of hydrogen-bond donors (Lipinski definition) is 1.